The second-order valence-electron chi connectivity index (χ2n) is 8.02. The van der Waals surface area contributed by atoms with E-state index in [4.69, 9.17) is 16.3 Å². The van der Waals surface area contributed by atoms with Crippen LogP contribution in [0.3, 0.4) is 0 Å². The van der Waals surface area contributed by atoms with E-state index in [1.807, 2.05) is 51.1 Å². The summed E-state index contributed by atoms with van der Waals surface area (Å²) in [6.07, 6.45) is 0.840. The Morgan fingerprint density at radius 1 is 0.971 bits per heavy atom. The maximum absolute atomic E-state index is 13.0. The SMILES string of the molecule is CCc1cccc(OC(=O)c2ccc(NC3=C(Cl)C(=O)N(c4ccc(C)cc4C)C3=O)cc2)c1. The first kappa shape index (κ1) is 23.3. The maximum atomic E-state index is 13.0. The summed E-state index contributed by atoms with van der Waals surface area (Å²) in [5.41, 5.74) is 4.20. The first-order valence-corrected chi connectivity index (χ1v) is 11.2. The van der Waals surface area contributed by atoms with Crippen molar-refractivity contribution in [1.82, 2.24) is 0 Å². The number of carbonyl (C=O) groups excluding carboxylic acids is 3. The molecular formula is C27H23ClN2O4. The zero-order chi connectivity index (χ0) is 24.4. The molecule has 3 aromatic carbocycles. The topological polar surface area (TPSA) is 75.7 Å². The van der Waals surface area contributed by atoms with Crippen LogP contribution < -0.4 is 15.0 Å². The van der Waals surface area contributed by atoms with E-state index in [0.29, 0.717) is 22.7 Å². The van der Waals surface area contributed by atoms with Crippen LogP contribution in [0.5, 0.6) is 5.75 Å². The Labute approximate surface area is 202 Å². The van der Waals surface area contributed by atoms with Crippen molar-refractivity contribution in [2.24, 2.45) is 0 Å². The molecule has 0 bridgehead atoms. The minimum atomic E-state index is -0.587. The number of hydrogen-bond donors (Lipinski definition) is 1. The number of halogens is 1. The van der Waals surface area contributed by atoms with Gasteiger partial charge in [0.05, 0.1) is 11.3 Å². The van der Waals surface area contributed by atoms with Gasteiger partial charge in [-0.15, -0.1) is 0 Å². The third-order valence-corrected chi connectivity index (χ3v) is 5.88. The molecule has 172 valence electrons. The van der Waals surface area contributed by atoms with Crippen molar-refractivity contribution in [3.8, 4) is 5.75 Å². The van der Waals surface area contributed by atoms with Crippen molar-refractivity contribution in [2.45, 2.75) is 27.2 Å². The molecule has 3 aromatic rings. The Hall–Kier alpha value is -3.90. The fourth-order valence-electron chi connectivity index (χ4n) is 3.72. The molecule has 0 unspecified atom stereocenters. The van der Waals surface area contributed by atoms with Crippen molar-refractivity contribution < 1.29 is 19.1 Å². The van der Waals surface area contributed by atoms with Gasteiger partial charge in [0, 0.05) is 5.69 Å². The van der Waals surface area contributed by atoms with E-state index in [1.54, 1.807) is 36.4 Å². The van der Waals surface area contributed by atoms with Crippen LogP contribution in [0.15, 0.2) is 77.5 Å². The van der Waals surface area contributed by atoms with Crippen LogP contribution in [0.4, 0.5) is 11.4 Å². The van der Waals surface area contributed by atoms with Gasteiger partial charge in [-0.2, -0.15) is 0 Å². The van der Waals surface area contributed by atoms with Crippen LogP contribution in [-0.4, -0.2) is 17.8 Å². The van der Waals surface area contributed by atoms with Gasteiger partial charge in [0.1, 0.15) is 16.5 Å². The molecule has 1 aliphatic heterocycles. The van der Waals surface area contributed by atoms with E-state index in [9.17, 15) is 14.4 Å². The summed E-state index contributed by atoms with van der Waals surface area (Å²) in [5, 5.41) is 2.73. The lowest BCUT2D eigenvalue weighted by Crippen LogP contribution is -2.32. The molecule has 0 aromatic heterocycles. The molecular weight excluding hydrogens is 452 g/mol. The number of carbonyl (C=O) groups is 3. The molecule has 2 amide bonds. The Bertz CT molecular complexity index is 1330. The van der Waals surface area contributed by atoms with Crippen molar-refractivity contribution in [3.05, 3.63) is 99.7 Å². The van der Waals surface area contributed by atoms with Crippen molar-refractivity contribution in [1.29, 1.82) is 0 Å². The first-order valence-electron chi connectivity index (χ1n) is 10.8. The molecule has 34 heavy (non-hydrogen) atoms. The third kappa shape index (κ3) is 4.58. The number of anilines is 2. The van der Waals surface area contributed by atoms with Gasteiger partial charge in [-0.3, -0.25) is 9.59 Å². The average molecular weight is 475 g/mol. The molecule has 0 radical (unpaired) electrons. The largest absolute Gasteiger partial charge is 0.423 e. The molecule has 6 nitrogen and oxygen atoms in total. The quantitative estimate of drug-likeness (QED) is 0.289. The Morgan fingerprint density at radius 3 is 2.38 bits per heavy atom. The zero-order valence-corrected chi connectivity index (χ0v) is 19.8. The molecule has 7 heteroatoms. The van der Waals surface area contributed by atoms with Crippen LogP contribution in [-0.2, 0) is 16.0 Å². The number of nitrogens with one attached hydrogen (secondary N) is 1. The number of benzene rings is 3. The lowest BCUT2D eigenvalue weighted by Gasteiger charge is -2.18. The molecule has 0 spiro atoms. The highest BCUT2D eigenvalue weighted by Crippen LogP contribution is 2.32. The molecule has 0 saturated carbocycles. The molecule has 0 saturated heterocycles. The number of aryl methyl sites for hydroxylation is 3. The van der Waals surface area contributed by atoms with E-state index in [0.717, 1.165) is 28.0 Å². The minimum Gasteiger partial charge on any atom is -0.423 e. The van der Waals surface area contributed by atoms with E-state index < -0.39 is 17.8 Å². The standard InChI is InChI=1S/C27H23ClN2O4/c1-4-18-6-5-7-21(15-18)34-27(33)19-9-11-20(12-10-19)29-24-23(28)25(31)30(26(24)32)22-13-8-16(2)14-17(22)3/h5-15,29H,4H2,1-3H3. The summed E-state index contributed by atoms with van der Waals surface area (Å²) in [7, 11) is 0. The van der Waals surface area contributed by atoms with E-state index >= 15 is 0 Å². The van der Waals surface area contributed by atoms with Crippen molar-refractivity contribution >= 4 is 40.8 Å². The zero-order valence-electron chi connectivity index (χ0n) is 19.0. The minimum absolute atomic E-state index is 0.0154. The molecule has 0 aliphatic carbocycles. The number of amides is 2. The Balaban J connectivity index is 1.49. The molecule has 0 fully saturated rings. The number of hydrogen-bond acceptors (Lipinski definition) is 5. The van der Waals surface area contributed by atoms with E-state index in [1.165, 1.54) is 0 Å². The Kier molecular flexibility index (Phi) is 6.52. The number of nitrogens with zero attached hydrogens (tertiary/aromatic N) is 1. The number of esters is 1. The third-order valence-electron chi connectivity index (χ3n) is 5.53. The number of rotatable bonds is 6. The first-order chi connectivity index (χ1) is 16.3. The number of ether oxygens (including phenoxy) is 1. The van der Waals surface area contributed by atoms with Crippen LogP contribution in [0.1, 0.15) is 34.0 Å². The van der Waals surface area contributed by atoms with Gasteiger partial charge in [0.25, 0.3) is 11.8 Å². The highest BCUT2D eigenvalue weighted by Gasteiger charge is 2.39. The second kappa shape index (κ2) is 9.53. The summed E-state index contributed by atoms with van der Waals surface area (Å²) in [6, 6.07) is 19.2. The lowest BCUT2D eigenvalue weighted by atomic mass is 10.1. The normalized spacial score (nSPS) is 13.5. The van der Waals surface area contributed by atoms with Crippen LogP contribution in [0.2, 0.25) is 0 Å². The molecule has 0 atom stereocenters. The molecule has 1 heterocycles. The second-order valence-corrected chi connectivity index (χ2v) is 8.40. The summed E-state index contributed by atoms with van der Waals surface area (Å²) in [5.74, 6) is -1.15. The van der Waals surface area contributed by atoms with Crippen molar-refractivity contribution in [3.63, 3.8) is 0 Å². The van der Waals surface area contributed by atoms with E-state index in [-0.39, 0.29) is 10.7 Å². The monoisotopic (exact) mass is 474 g/mol. The van der Waals surface area contributed by atoms with Gasteiger partial charge in [-0.1, -0.05) is 48.4 Å². The van der Waals surface area contributed by atoms with Crippen LogP contribution in [0, 0.1) is 13.8 Å². The van der Waals surface area contributed by atoms with Gasteiger partial charge in [-0.25, -0.2) is 9.69 Å². The summed E-state index contributed by atoms with van der Waals surface area (Å²) >= 11 is 6.23. The lowest BCUT2D eigenvalue weighted by molar-refractivity contribution is -0.120. The molecule has 1 N–H and O–H groups in total. The fourth-order valence-corrected chi connectivity index (χ4v) is 3.93. The van der Waals surface area contributed by atoms with E-state index in [2.05, 4.69) is 5.32 Å². The van der Waals surface area contributed by atoms with Crippen LogP contribution >= 0.6 is 11.6 Å². The summed E-state index contributed by atoms with van der Waals surface area (Å²) in [4.78, 5) is 39.3. The van der Waals surface area contributed by atoms with Gasteiger partial charge in [-0.05, 0) is 73.9 Å². The average Bonchev–Trinajstić information content (AvgIpc) is 3.03. The van der Waals surface area contributed by atoms with Gasteiger partial charge < -0.3 is 10.1 Å². The van der Waals surface area contributed by atoms with Gasteiger partial charge >= 0.3 is 5.97 Å². The molecule has 1 aliphatic rings. The highest BCUT2D eigenvalue weighted by molar-refractivity contribution is 6.53. The fraction of sp³-hybridized carbons (Fsp3) is 0.148. The smallest absolute Gasteiger partial charge is 0.343 e. The van der Waals surface area contributed by atoms with Crippen molar-refractivity contribution in [2.75, 3.05) is 10.2 Å². The molecule has 4 rings (SSSR count). The maximum Gasteiger partial charge on any atom is 0.343 e. The predicted molar refractivity (Wildman–Crippen MR) is 132 cm³/mol. The van der Waals surface area contributed by atoms with Crippen LogP contribution in [0.25, 0.3) is 0 Å². The summed E-state index contributed by atoms with van der Waals surface area (Å²) in [6.45, 7) is 5.79. The summed E-state index contributed by atoms with van der Waals surface area (Å²) < 4.78 is 5.45. The predicted octanol–water partition coefficient (Wildman–Crippen LogP) is 5.52. The highest BCUT2D eigenvalue weighted by atomic mass is 35.5. The Morgan fingerprint density at radius 2 is 1.71 bits per heavy atom. The number of imide groups is 1. The van der Waals surface area contributed by atoms with Gasteiger partial charge in [0.15, 0.2) is 0 Å². The van der Waals surface area contributed by atoms with Gasteiger partial charge in [0.2, 0.25) is 0 Å².